The van der Waals surface area contributed by atoms with Crippen LogP contribution in [0, 0.1) is 17.7 Å². The average Bonchev–Trinajstić information content (AvgIpc) is 3.02. The van der Waals surface area contributed by atoms with E-state index in [1.165, 1.54) is 6.07 Å². The van der Waals surface area contributed by atoms with Gasteiger partial charge in [-0.25, -0.2) is 14.2 Å². The van der Waals surface area contributed by atoms with E-state index >= 15 is 0 Å². The summed E-state index contributed by atoms with van der Waals surface area (Å²) in [5.74, 6) is -1.07. The Hall–Kier alpha value is -4.02. The lowest BCUT2D eigenvalue weighted by atomic mass is 9.82. The number of hydrogen-bond donors (Lipinski definition) is 4. The Morgan fingerprint density at radius 2 is 1.72 bits per heavy atom. The highest BCUT2D eigenvalue weighted by molar-refractivity contribution is 5.79. The maximum absolute atomic E-state index is 14.8. The molecule has 1 heterocycles. The summed E-state index contributed by atoms with van der Waals surface area (Å²) in [4.78, 5) is 31.0. The molecule has 0 unspecified atom stereocenters. The molecule has 9 nitrogen and oxygen atoms in total. The predicted molar refractivity (Wildman–Crippen MR) is 178 cm³/mol. The topological polar surface area (TPSA) is 130 Å². The molecular formula is C37H48FN3O6. The zero-order chi connectivity index (χ0) is 34.1. The third kappa shape index (κ3) is 10.5. The van der Waals surface area contributed by atoms with Crippen LogP contribution in [-0.2, 0) is 22.4 Å². The first kappa shape index (κ1) is 35.8. The van der Waals surface area contributed by atoms with Gasteiger partial charge in [0.1, 0.15) is 11.4 Å². The maximum atomic E-state index is 14.8. The fraction of sp³-hybridized carbons (Fsp3) is 0.486. The summed E-state index contributed by atoms with van der Waals surface area (Å²) in [5.41, 5.74) is 2.25. The first-order chi connectivity index (χ1) is 22.3. The molecule has 1 aliphatic carbocycles. The summed E-state index contributed by atoms with van der Waals surface area (Å²) in [6.07, 6.45) is 1.71. The smallest absolute Gasteiger partial charge is 0.407 e. The number of methoxy groups -OCH3 is 1. The molecule has 254 valence electrons. The highest BCUT2D eigenvalue weighted by atomic mass is 19.1. The number of alkyl carbamates (subject to hydrolysis) is 1. The summed E-state index contributed by atoms with van der Waals surface area (Å²) >= 11 is 0. The fourth-order valence-electron chi connectivity index (χ4n) is 6.08. The number of aliphatic hydroxyl groups excluding tert-OH is 2. The van der Waals surface area contributed by atoms with Crippen LogP contribution in [0.2, 0.25) is 0 Å². The molecule has 0 spiro atoms. The average molecular weight is 650 g/mol. The lowest BCUT2D eigenvalue weighted by molar-refractivity contribution is -0.128. The third-order valence-corrected chi connectivity index (χ3v) is 8.67. The molecule has 47 heavy (non-hydrogen) atoms. The van der Waals surface area contributed by atoms with Crippen LogP contribution >= 0.6 is 0 Å². The van der Waals surface area contributed by atoms with Crippen molar-refractivity contribution in [2.24, 2.45) is 11.8 Å². The zero-order valence-corrected chi connectivity index (χ0v) is 27.9. The van der Waals surface area contributed by atoms with E-state index < -0.39 is 47.7 Å². The minimum absolute atomic E-state index is 0.0382. The molecule has 0 bridgehead atoms. The van der Waals surface area contributed by atoms with Gasteiger partial charge in [-0.15, -0.1) is 0 Å². The van der Waals surface area contributed by atoms with E-state index in [0.717, 1.165) is 29.5 Å². The molecule has 1 aromatic heterocycles. The first-order valence-corrected chi connectivity index (χ1v) is 16.3. The standard InChI is InChI=1S/C37H48FN3O6/c1-23-9-8-12-31(42)34(23)41-35(44)28(20-26-10-6-7-11-29(26)38)21-32(43)30(40-36(45)47-37(2,3)4)19-24-13-15-25(16-14-24)27-17-18-33(46-5)39-22-27/h6-7,10-11,13-18,22-23,28,30-32,34,42-43H,8-9,12,19-21H2,1-5H3,(H,40,45)(H,41,44)/t23-,28-,30+,31-,32+,34+/m1/s1. The van der Waals surface area contributed by atoms with Crippen LogP contribution in [0.3, 0.4) is 0 Å². The molecule has 0 saturated heterocycles. The van der Waals surface area contributed by atoms with Gasteiger partial charge < -0.3 is 30.3 Å². The molecule has 2 amide bonds. The lowest BCUT2D eigenvalue weighted by Gasteiger charge is -2.35. The Morgan fingerprint density at radius 3 is 2.34 bits per heavy atom. The van der Waals surface area contributed by atoms with E-state index in [9.17, 15) is 24.2 Å². The maximum Gasteiger partial charge on any atom is 0.407 e. The number of rotatable bonds is 12. The van der Waals surface area contributed by atoms with Crippen molar-refractivity contribution in [1.82, 2.24) is 15.6 Å². The number of nitrogens with zero attached hydrogens (tertiary/aromatic N) is 1. The van der Waals surface area contributed by atoms with Crippen molar-refractivity contribution in [2.45, 2.75) is 96.1 Å². The van der Waals surface area contributed by atoms with Crippen molar-refractivity contribution in [3.05, 3.63) is 83.8 Å². The van der Waals surface area contributed by atoms with Gasteiger partial charge in [0.25, 0.3) is 0 Å². The molecule has 0 radical (unpaired) electrons. The van der Waals surface area contributed by atoms with E-state index in [-0.39, 0.29) is 31.1 Å². The molecule has 4 rings (SSSR count). The van der Waals surface area contributed by atoms with Crippen molar-refractivity contribution in [2.75, 3.05) is 7.11 Å². The second-order valence-corrected chi connectivity index (χ2v) is 13.5. The number of carbonyl (C=O) groups is 2. The zero-order valence-electron chi connectivity index (χ0n) is 27.9. The number of aromatic nitrogens is 1. The van der Waals surface area contributed by atoms with Crippen LogP contribution in [0.15, 0.2) is 66.9 Å². The van der Waals surface area contributed by atoms with Gasteiger partial charge in [0.2, 0.25) is 11.8 Å². The number of carbonyl (C=O) groups excluding carboxylic acids is 2. The number of hydrogen-bond acceptors (Lipinski definition) is 7. The molecular weight excluding hydrogens is 601 g/mol. The van der Waals surface area contributed by atoms with Crippen LogP contribution in [0.1, 0.15) is 64.5 Å². The molecule has 4 N–H and O–H groups in total. The van der Waals surface area contributed by atoms with Crippen molar-refractivity contribution < 1.29 is 33.7 Å². The van der Waals surface area contributed by atoms with Gasteiger partial charge in [0.05, 0.1) is 31.4 Å². The van der Waals surface area contributed by atoms with Crippen molar-refractivity contribution in [3.8, 4) is 17.0 Å². The van der Waals surface area contributed by atoms with Gasteiger partial charge in [-0.05, 0) is 87.6 Å². The van der Waals surface area contributed by atoms with E-state index in [2.05, 4.69) is 15.6 Å². The number of nitrogens with one attached hydrogen (secondary N) is 2. The fourth-order valence-corrected chi connectivity index (χ4v) is 6.08. The van der Waals surface area contributed by atoms with Crippen LogP contribution < -0.4 is 15.4 Å². The van der Waals surface area contributed by atoms with Crippen molar-refractivity contribution >= 4 is 12.0 Å². The first-order valence-electron chi connectivity index (χ1n) is 16.3. The summed E-state index contributed by atoms with van der Waals surface area (Å²) in [7, 11) is 1.56. The largest absolute Gasteiger partial charge is 0.481 e. The molecule has 1 aliphatic rings. The molecule has 1 fully saturated rings. The molecule has 1 saturated carbocycles. The Bertz CT molecular complexity index is 1450. The van der Waals surface area contributed by atoms with Crippen LogP contribution in [-0.4, -0.2) is 64.2 Å². The van der Waals surface area contributed by atoms with Gasteiger partial charge in [-0.1, -0.05) is 55.8 Å². The van der Waals surface area contributed by atoms with E-state index in [1.54, 1.807) is 58.3 Å². The summed E-state index contributed by atoms with van der Waals surface area (Å²) in [6, 6.07) is 16.4. The normalized spacial score (nSPS) is 20.0. The summed E-state index contributed by atoms with van der Waals surface area (Å²) in [5, 5.41) is 28.1. The van der Waals surface area contributed by atoms with Crippen LogP contribution in [0.5, 0.6) is 5.88 Å². The highest BCUT2D eigenvalue weighted by Crippen LogP contribution is 2.27. The van der Waals surface area contributed by atoms with Gasteiger partial charge in [-0.3, -0.25) is 4.79 Å². The van der Waals surface area contributed by atoms with Gasteiger partial charge in [-0.2, -0.15) is 0 Å². The SMILES string of the molecule is COc1ccc(-c2ccc(C[C@H](NC(=O)OC(C)(C)C)[C@@H](O)C[C@@H](Cc3ccccc3F)C(=O)N[C@H]3[C@H](C)CCC[C@H]3O)cc2)cn1. The number of amides is 2. The second kappa shape index (κ2) is 16.2. The second-order valence-electron chi connectivity index (χ2n) is 13.5. The third-order valence-electron chi connectivity index (χ3n) is 8.67. The molecule has 2 aromatic carbocycles. The molecule has 10 heteroatoms. The molecule has 6 atom stereocenters. The Kier molecular flexibility index (Phi) is 12.3. The lowest BCUT2D eigenvalue weighted by Crippen LogP contribution is -2.52. The van der Waals surface area contributed by atoms with Gasteiger partial charge >= 0.3 is 6.09 Å². The van der Waals surface area contributed by atoms with E-state index in [4.69, 9.17) is 9.47 Å². The Morgan fingerprint density at radius 1 is 1.02 bits per heavy atom. The van der Waals surface area contributed by atoms with Gasteiger partial charge in [0.15, 0.2) is 0 Å². The highest BCUT2D eigenvalue weighted by Gasteiger charge is 2.35. The number of ether oxygens (including phenoxy) is 2. The monoisotopic (exact) mass is 649 g/mol. The number of pyridine rings is 1. The summed E-state index contributed by atoms with van der Waals surface area (Å²) in [6.45, 7) is 7.24. The predicted octanol–water partition coefficient (Wildman–Crippen LogP) is 5.61. The Balaban J connectivity index is 1.56. The van der Waals surface area contributed by atoms with E-state index in [0.29, 0.717) is 17.9 Å². The van der Waals surface area contributed by atoms with Crippen molar-refractivity contribution in [3.63, 3.8) is 0 Å². The van der Waals surface area contributed by atoms with Crippen LogP contribution in [0.4, 0.5) is 9.18 Å². The summed E-state index contributed by atoms with van der Waals surface area (Å²) < 4.78 is 25.4. The van der Waals surface area contributed by atoms with Crippen LogP contribution in [0.25, 0.3) is 11.1 Å². The quantitative estimate of drug-likeness (QED) is 0.201. The molecule has 0 aliphatic heterocycles. The number of aliphatic hydroxyl groups is 2. The number of halogens is 1. The minimum atomic E-state index is -1.19. The van der Waals surface area contributed by atoms with Gasteiger partial charge in [0, 0.05) is 23.7 Å². The Labute approximate surface area is 276 Å². The van der Waals surface area contributed by atoms with Crippen molar-refractivity contribution in [1.29, 1.82) is 0 Å². The number of benzene rings is 2. The minimum Gasteiger partial charge on any atom is -0.481 e. The van der Waals surface area contributed by atoms with E-state index in [1.807, 2.05) is 37.3 Å². The molecule has 3 aromatic rings.